The van der Waals surface area contributed by atoms with Crippen molar-refractivity contribution in [1.82, 2.24) is 10.6 Å². The Morgan fingerprint density at radius 2 is 2.17 bits per heavy atom. The molecule has 0 aliphatic carbocycles. The van der Waals surface area contributed by atoms with Crippen LogP contribution in [0.15, 0.2) is 4.99 Å². The van der Waals surface area contributed by atoms with E-state index in [1.165, 1.54) is 0 Å². The second-order valence-electron chi connectivity index (χ2n) is 2.25. The van der Waals surface area contributed by atoms with Crippen molar-refractivity contribution in [2.45, 2.75) is 13.1 Å². The average molecular weight is 175 g/mol. The van der Waals surface area contributed by atoms with E-state index in [4.69, 9.17) is 9.47 Å². The minimum atomic E-state index is 0.144. The van der Waals surface area contributed by atoms with Gasteiger partial charge in [-0.3, -0.25) is 5.32 Å². The highest BCUT2D eigenvalue weighted by Gasteiger charge is 1.93. The molecule has 0 heterocycles. The van der Waals surface area contributed by atoms with E-state index >= 15 is 0 Å². The number of hydrogen-bond acceptors (Lipinski definition) is 4. The maximum atomic E-state index is 4.82. The summed E-state index contributed by atoms with van der Waals surface area (Å²) in [7, 11) is 3.24. The van der Waals surface area contributed by atoms with Gasteiger partial charge >= 0.3 is 0 Å². The van der Waals surface area contributed by atoms with E-state index in [9.17, 15) is 0 Å². The van der Waals surface area contributed by atoms with Crippen LogP contribution < -0.4 is 10.6 Å². The summed E-state index contributed by atoms with van der Waals surface area (Å²) in [6.07, 6.45) is 1.75. The summed E-state index contributed by atoms with van der Waals surface area (Å²) >= 11 is 0. The van der Waals surface area contributed by atoms with Gasteiger partial charge in [0, 0.05) is 14.2 Å². The zero-order valence-corrected chi connectivity index (χ0v) is 7.83. The number of aliphatic imine (C=N–C) groups is 1. The zero-order valence-electron chi connectivity index (χ0n) is 7.83. The van der Waals surface area contributed by atoms with Gasteiger partial charge in [0.2, 0.25) is 0 Å². The molecule has 0 radical (unpaired) electrons. The van der Waals surface area contributed by atoms with Gasteiger partial charge in [0.1, 0.15) is 6.73 Å². The SMILES string of the molecule is COCN=CNC(C)NCOC. The Balaban J connectivity index is 3.23. The monoisotopic (exact) mass is 175 g/mol. The maximum absolute atomic E-state index is 4.82. The van der Waals surface area contributed by atoms with Gasteiger partial charge in [0.25, 0.3) is 0 Å². The molecule has 0 aromatic carbocycles. The Morgan fingerprint density at radius 3 is 2.75 bits per heavy atom. The van der Waals surface area contributed by atoms with Gasteiger partial charge in [-0.1, -0.05) is 0 Å². The number of hydrogen-bond donors (Lipinski definition) is 2. The molecule has 1 unspecified atom stereocenters. The standard InChI is InChI=1S/C7H17N3O2/c1-7(10-6-12-3)9-4-8-5-11-2/h4,7,10H,5-6H2,1-3H3,(H,8,9). The molecule has 1 atom stereocenters. The number of rotatable bonds is 7. The van der Waals surface area contributed by atoms with Crippen LogP contribution in [0.1, 0.15) is 6.92 Å². The van der Waals surface area contributed by atoms with E-state index in [0.717, 1.165) is 0 Å². The second kappa shape index (κ2) is 8.45. The lowest BCUT2D eigenvalue weighted by Gasteiger charge is -2.11. The molecule has 0 aliphatic rings. The first kappa shape index (κ1) is 11.4. The topological polar surface area (TPSA) is 54.9 Å². The van der Waals surface area contributed by atoms with Crippen LogP contribution in [-0.4, -0.2) is 40.2 Å². The van der Waals surface area contributed by atoms with Crippen LogP contribution in [0, 0.1) is 0 Å². The highest BCUT2D eigenvalue weighted by atomic mass is 16.5. The average Bonchev–Trinajstić information content (AvgIpc) is 2.09. The molecule has 0 fully saturated rings. The first-order valence-corrected chi connectivity index (χ1v) is 3.77. The summed E-state index contributed by atoms with van der Waals surface area (Å²) in [6, 6.07) is 0. The summed E-state index contributed by atoms with van der Waals surface area (Å²) in [5, 5.41) is 6.03. The summed E-state index contributed by atoms with van der Waals surface area (Å²) in [4.78, 5) is 3.90. The smallest absolute Gasteiger partial charge is 0.138 e. The lowest BCUT2D eigenvalue weighted by Crippen LogP contribution is -2.39. The van der Waals surface area contributed by atoms with Gasteiger partial charge in [-0.25, -0.2) is 4.99 Å². The van der Waals surface area contributed by atoms with E-state index in [0.29, 0.717) is 13.5 Å². The van der Waals surface area contributed by atoms with Crippen LogP contribution >= 0.6 is 0 Å². The van der Waals surface area contributed by atoms with E-state index in [1.54, 1.807) is 20.6 Å². The van der Waals surface area contributed by atoms with Crippen LogP contribution in [0.3, 0.4) is 0 Å². The number of methoxy groups -OCH3 is 2. The Kier molecular flexibility index (Phi) is 7.99. The molecule has 2 N–H and O–H groups in total. The Labute approximate surface area is 73.2 Å². The van der Waals surface area contributed by atoms with Crippen LogP contribution in [0.2, 0.25) is 0 Å². The van der Waals surface area contributed by atoms with Crippen molar-refractivity contribution in [3.63, 3.8) is 0 Å². The fourth-order valence-electron chi connectivity index (χ4n) is 0.544. The molecule has 0 amide bonds. The molecule has 0 spiro atoms. The van der Waals surface area contributed by atoms with Crippen molar-refractivity contribution in [3.8, 4) is 0 Å². The van der Waals surface area contributed by atoms with Crippen LogP contribution in [0.4, 0.5) is 0 Å². The molecule has 0 aromatic rings. The summed E-state index contributed by atoms with van der Waals surface area (Å²) in [5.41, 5.74) is 0. The van der Waals surface area contributed by atoms with Gasteiger partial charge in [0.15, 0.2) is 0 Å². The Morgan fingerprint density at radius 1 is 1.42 bits per heavy atom. The van der Waals surface area contributed by atoms with Crippen LogP contribution in [0.5, 0.6) is 0 Å². The third kappa shape index (κ3) is 7.46. The summed E-state index contributed by atoms with van der Waals surface area (Å²) in [6.45, 7) is 2.87. The molecule has 0 aromatic heterocycles. The molecule has 5 heteroatoms. The molecule has 0 rings (SSSR count). The molecule has 0 bridgehead atoms. The highest BCUT2D eigenvalue weighted by molar-refractivity contribution is 5.54. The third-order valence-electron chi connectivity index (χ3n) is 1.15. The number of ether oxygens (including phenoxy) is 2. The van der Waals surface area contributed by atoms with Crippen molar-refractivity contribution >= 4 is 6.34 Å². The number of nitrogens with zero attached hydrogens (tertiary/aromatic N) is 1. The van der Waals surface area contributed by atoms with Gasteiger partial charge in [0.05, 0.1) is 19.2 Å². The molecule has 5 nitrogen and oxygen atoms in total. The van der Waals surface area contributed by atoms with E-state index < -0.39 is 0 Å². The Bertz CT molecular complexity index is 119. The van der Waals surface area contributed by atoms with Gasteiger partial charge < -0.3 is 14.8 Å². The first-order valence-electron chi connectivity index (χ1n) is 3.77. The van der Waals surface area contributed by atoms with E-state index in [1.807, 2.05) is 6.92 Å². The largest absolute Gasteiger partial charge is 0.369 e. The van der Waals surface area contributed by atoms with Gasteiger partial charge in [-0.05, 0) is 6.92 Å². The zero-order chi connectivity index (χ0) is 9.23. The van der Waals surface area contributed by atoms with Crippen LogP contribution in [0.25, 0.3) is 0 Å². The highest BCUT2D eigenvalue weighted by Crippen LogP contribution is 1.72. The first-order chi connectivity index (χ1) is 5.81. The lowest BCUT2D eigenvalue weighted by atomic mass is 10.6. The van der Waals surface area contributed by atoms with Gasteiger partial charge in [-0.15, -0.1) is 0 Å². The second-order valence-corrected chi connectivity index (χ2v) is 2.25. The molecule has 0 saturated heterocycles. The third-order valence-corrected chi connectivity index (χ3v) is 1.15. The van der Waals surface area contributed by atoms with Crippen molar-refractivity contribution < 1.29 is 9.47 Å². The van der Waals surface area contributed by atoms with Crippen LogP contribution in [-0.2, 0) is 9.47 Å². The van der Waals surface area contributed by atoms with Gasteiger partial charge in [-0.2, -0.15) is 0 Å². The van der Waals surface area contributed by atoms with Crippen molar-refractivity contribution in [1.29, 1.82) is 0 Å². The minimum Gasteiger partial charge on any atom is -0.369 e. The normalized spacial score (nSPS) is 13.6. The summed E-state index contributed by atoms with van der Waals surface area (Å²) in [5.74, 6) is 0. The fourth-order valence-corrected chi connectivity index (χ4v) is 0.544. The Hall–Kier alpha value is -0.650. The fraction of sp³-hybridized carbons (Fsp3) is 0.857. The molecular weight excluding hydrogens is 158 g/mol. The van der Waals surface area contributed by atoms with E-state index in [2.05, 4.69) is 15.6 Å². The molecular formula is C7H17N3O2. The number of nitrogens with one attached hydrogen (secondary N) is 2. The predicted molar refractivity (Wildman–Crippen MR) is 48.0 cm³/mol. The minimum absolute atomic E-state index is 0.144. The lowest BCUT2D eigenvalue weighted by molar-refractivity contribution is 0.163. The molecule has 72 valence electrons. The molecule has 0 aliphatic heterocycles. The van der Waals surface area contributed by atoms with E-state index in [-0.39, 0.29) is 6.17 Å². The maximum Gasteiger partial charge on any atom is 0.138 e. The summed E-state index contributed by atoms with van der Waals surface area (Å²) < 4.78 is 9.54. The quantitative estimate of drug-likeness (QED) is 0.318. The molecule has 0 saturated carbocycles. The van der Waals surface area contributed by atoms with Crippen molar-refractivity contribution in [2.24, 2.45) is 4.99 Å². The molecule has 12 heavy (non-hydrogen) atoms. The predicted octanol–water partition coefficient (Wildman–Crippen LogP) is -0.252. The van der Waals surface area contributed by atoms with Crippen molar-refractivity contribution in [2.75, 3.05) is 27.7 Å². The van der Waals surface area contributed by atoms with Crippen molar-refractivity contribution in [3.05, 3.63) is 0 Å².